The first-order valence-electron chi connectivity index (χ1n) is 8.02. The van der Waals surface area contributed by atoms with Crippen molar-refractivity contribution in [3.05, 3.63) is 76.6 Å². The SMILES string of the molecule is CCCc1ccc(C#Cc2cc(F)c(OC(F)(F)C(F)=C(F)F)c(F)c2)cc1. The summed E-state index contributed by atoms with van der Waals surface area (Å²) in [5.74, 6) is -3.13. The van der Waals surface area contributed by atoms with Crippen molar-refractivity contribution in [1.82, 2.24) is 0 Å². The summed E-state index contributed by atoms with van der Waals surface area (Å²) >= 11 is 0. The van der Waals surface area contributed by atoms with Crippen molar-refractivity contribution in [1.29, 1.82) is 0 Å². The fourth-order valence-corrected chi connectivity index (χ4v) is 2.20. The van der Waals surface area contributed by atoms with Crippen LogP contribution in [-0.4, -0.2) is 6.11 Å². The zero-order valence-electron chi connectivity index (χ0n) is 14.4. The highest BCUT2D eigenvalue weighted by molar-refractivity contribution is 5.46. The molecule has 0 amide bonds. The molecule has 0 heterocycles. The molecule has 0 spiro atoms. The molecule has 2 rings (SSSR count). The summed E-state index contributed by atoms with van der Waals surface area (Å²) in [6.07, 6.45) is -6.74. The first-order chi connectivity index (χ1) is 13.1. The minimum Gasteiger partial charge on any atom is -0.421 e. The lowest BCUT2D eigenvalue weighted by atomic mass is 10.1. The summed E-state index contributed by atoms with van der Waals surface area (Å²) in [5, 5.41) is 0. The Labute approximate surface area is 156 Å². The number of aryl methyl sites for hydroxylation is 1. The van der Waals surface area contributed by atoms with E-state index >= 15 is 0 Å². The molecule has 2 aromatic carbocycles. The molecule has 0 N–H and O–H groups in total. The smallest absolute Gasteiger partial charge is 0.421 e. The van der Waals surface area contributed by atoms with Crippen molar-refractivity contribution in [2.24, 2.45) is 0 Å². The molecule has 28 heavy (non-hydrogen) atoms. The zero-order valence-corrected chi connectivity index (χ0v) is 14.4. The van der Waals surface area contributed by atoms with E-state index in [1.54, 1.807) is 12.1 Å². The van der Waals surface area contributed by atoms with Gasteiger partial charge in [-0.15, -0.1) is 0 Å². The van der Waals surface area contributed by atoms with Crippen molar-refractivity contribution >= 4 is 0 Å². The topological polar surface area (TPSA) is 9.23 Å². The number of hydrogen-bond acceptors (Lipinski definition) is 1. The van der Waals surface area contributed by atoms with Crippen molar-refractivity contribution in [2.75, 3.05) is 0 Å². The predicted molar refractivity (Wildman–Crippen MR) is 88.7 cm³/mol. The number of rotatable bonds is 5. The van der Waals surface area contributed by atoms with Crippen LogP contribution in [0.4, 0.5) is 30.7 Å². The first-order valence-corrected chi connectivity index (χ1v) is 8.02. The molecule has 0 aliphatic rings. The van der Waals surface area contributed by atoms with E-state index in [0.29, 0.717) is 17.7 Å². The summed E-state index contributed by atoms with van der Waals surface area (Å²) < 4.78 is 94.2. The van der Waals surface area contributed by atoms with E-state index in [-0.39, 0.29) is 5.56 Å². The van der Waals surface area contributed by atoms with E-state index in [4.69, 9.17) is 0 Å². The second-order valence-corrected chi connectivity index (χ2v) is 5.66. The van der Waals surface area contributed by atoms with Crippen molar-refractivity contribution in [3.63, 3.8) is 0 Å². The first kappa shape index (κ1) is 21.4. The highest BCUT2D eigenvalue weighted by Crippen LogP contribution is 2.35. The van der Waals surface area contributed by atoms with Gasteiger partial charge in [0.15, 0.2) is 17.4 Å². The maximum Gasteiger partial charge on any atom is 0.459 e. The highest BCUT2D eigenvalue weighted by atomic mass is 19.3. The number of halogens is 7. The van der Waals surface area contributed by atoms with Crippen LogP contribution in [0.3, 0.4) is 0 Å². The monoisotopic (exact) mass is 402 g/mol. The Bertz CT molecular complexity index is 910. The molecule has 0 aromatic heterocycles. The molecule has 0 radical (unpaired) electrons. The molecule has 8 heteroatoms. The number of benzene rings is 2. The Balaban J connectivity index is 2.26. The van der Waals surface area contributed by atoms with Crippen LogP contribution in [0.2, 0.25) is 0 Å². The molecule has 0 atom stereocenters. The van der Waals surface area contributed by atoms with Crippen molar-refractivity contribution in [2.45, 2.75) is 25.9 Å². The molecule has 0 fully saturated rings. The van der Waals surface area contributed by atoms with Gasteiger partial charge in [0.2, 0.25) is 0 Å². The Morgan fingerprint density at radius 3 is 1.96 bits per heavy atom. The van der Waals surface area contributed by atoms with Gasteiger partial charge < -0.3 is 4.74 Å². The average Bonchev–Trinajstić information content (AvgIpc) is 2.63. The Kier molecular flexibility index (Phi) is 6.73. The minimum atomic E-state index is -5.23. The van der Waals surface area contributed by atoms with E-state index in [1.165, 1.54) is 0 Å². The molecule has 0 bridgehead atoms. The maximum absolute atomic E-state index is 13.9. The molecule has 0 saturated carbocycles. The van der Waals surface area contributed by atoms with Gasteiger partial charge in [-0.1, -0.05) is 37.3 Å². The lowest BCUT2D eigenvalue weighted by molar-refractivity contribution is -0.162. The molecular weight excluding hydrogens is 389 g/mol. The van der Waals surface area contributed by atoms with Crippen LogP contribution in [0.5, 0.6) is 5.75 Å². The third-order valence-electron chi connectivity index (χ3n) is 3.49. The summed E-state index contributed by atoms with van der Waals surface area (Å²) in [4.78, 5) is 0. The second kappa shape index (κ2) is 8.83. The lowest BCUT2D eigenvalue weighted by Crippen LogP contribution is -2.27. The molecule has 0 unspecified atom stereocenters. The van der Waals surface area contributed by atoms with E-state index in [0.717, 1.165) is 18.4 Å². The maximum atomic E-state index is 13.9. The lowest BCUT2D eigenvalue weighted by Gasteiger charge is -2.16. The third kappa shape index (κ3) is 5.28. The molecule has 1 nitrogen and oxygen atoms in total. The van der Waals surface area contributed by atoms with Gasteiger partial charge >= 0.3 is 12.2 Å². The van der Waals surface area contributed by atoms with Gasteiger partial charge in [-0.25, -0.2) is 8.78 Å². The molecular formula is C20H13F7O. The summed E-state index contributed by atoms with van der Waals surface area (Å²) in [5.41, 5.74) is 1.44. The van der Waals surface area contributed by atoms with Gasteiger partial charge in [0.25, 0.3) is 5.83 Å². The Hall–Kier alpha value is -2.95. The molecule has 2 aromatic rings. The molecule has 0 aliphatic carbocycles. The van der Waals surface area contributed by atoms with Crippen LogP contribution in [0.1, 0.15) is 30.0 Å². The fourth-order valence-electron chi connectivity index (χ4n) is 2.20. The van der Waals surface area contributed by atoms with Crippen molar-refractivity contribution < 1.29 is 35.5 Å². The van der Waals surface area contributed by atoms with Crippen LogP contribution in [0.25, 0.3) is 0 Å². The van der Waals surface area contributed by atoms with Crippen LogP contribution < -0.4 is 4.74 Å². The van der Waals surface area contributed by atoms with Gasteiger partial charge in [0, 0.05) is 11.1 Å². The van der Waals surface area contributed by atoms with Gasteiger partial charge in [0.05, 0.1) is 0 Å². The van der Waals surface area contributed by atoms with E-state index in [2.05, 4.69) is 16.6 Å². The summed E-state index contributed by atoms with van der Waals surface area (Å²) in [6, 6.07) is 8.26. The van der Waals surface area contributed by atoms with Crippen molar-refractivity contribution in [3.8, 4) is 17.6 Å². The van der Waals surface area contributed by atoms with Crippen LogP contribution in [-0.2, 0) is 6.42 Å². The van der Waals surface area contributed by atoms with Gasteiger partial charge in [-0.3, -0.25) is 0 Å². The molecule has 0 aliphatic heterocycles. The second-order valence-electron chi connectivity index (χ2n) is 5.66. The Morgan fingerprint density at radius 2 is 1.46 bits per heavy atom. The third-order valence-corrected chi connectivity index (χ3v) is 3.49. The standard InChI is InChI=1S/C20H13F7O/c1-2-3-12-4-6-13(7-5-12)8-9-14-10-15(21)17(16(22)11-14)28-20(26,27)18(23)19(24)25/h4-7,10-11H,2-3H2,1H3. The van der Waals surface area contributed by atoms with Crippen LogP contribution in [0.15, 0.2) is 48.3 Å². The molecule has 148 valence electrons. The highest BCUT2D eigenvalue weighted by Gasteiger charge is 2.43. The van der Waals surface area contributed by atoms with Gasteiger partial charge in [-0.2, -0.15) is 22.0 Å². The summed E-state index contributed by atoms with van der Waals surface area (Å²) in [6.45, 7) is 2.03. The fraction of sp³-hybridized carbons (Fsp3) is 0.200. The predicted octanol–water partition coefficient (Wildman–Crippen LogP) is 6.37. The summed E-state index contributed by atoms with van der Waals surface area (Å²) in [7, 11) is 0. The number of hydrogen-bond donors (Lipinski definition) is 0. The minimum absolute atomic E-state index is 0.212. The normalized spacial score (nSPS) is 10.9. The average molecular weight is 402 g/mol. The van der Waals surface area contributed by atoms with Gasteiger partial charge in [-0.05, 0) is 36.2 Å². The van der Waals surface area contributed by atoms with Gasteiger partial charge in [0.1, 0.15) is 0 Å². The van der Waals surface area contributed by atoms with E-state index in [1.807, 2.05) is 19.1 Å². The quantitative estimate of drug-likeness (QED) is 0.417. The number of ether oxygens (including phenoxy) is 1. The van der Waals surface area contributed by atoms with Crippen LogP contribution in [0, 0.1) is 23.5 Å². The largest absolute Gasteiger partial charge is 0.459 e. The van der Waals surface area contributed by atoms with Crippen LogP contribution >= 0.6 is 0 Å². The van der Waals surface area contributed by atoms with E-state index < -0.39 is 35.4 Å². The Morgan fingerprint density at radius 1 is 0.929 bits per heavy atom. The van der Waals surface area contributed by atoms with E-state index in [9.17, 15) is 30.7 Å². The molecule has 0 saturated heterocycles. The number of alkyl halides is 2. The zero-order chi connectivity index (χ0) is 20.9.